The Balaban J connectivity index is 1.48. The molecule has 2 unspecified atom stereocenters. The average molecular weight is 354 g/mol. The summed E-state index contributed by atoms with van der Waals surface area (Å²) in [6, 6.07) is 10.4. The lowest BCUT2D eigenvalue weighted by Gasteiger charge is -2.39. The number of halogens is 1. The van der Waals surface area contributed by atoms with Crippen LogP contribution in [-0.4, -0.2) is 23.1 Å². The summed E-state index contributed by atoms with van der Waals surface area (Å²) in [6.45, 7) is 2.28. The second-order valence-electron chi connectivity index (χ2n) is 6.12. The minimum Gasteiger partial charge on any atom is -0.310 e. The van der Waals surface area contributed by atoms with Crippen molar-refractivity contribution in [3.63, 3.8) is 0 Å². The maximum absolute atomic E-state index is 3.93. The van der Waals surface area contributed by atoms with Crippen molar-refractivity contribution in [2.75, 3.05) is 5.75 Å². The zero-order chi connectivity index (χ0) is 13.9. The van der Waals surface area contributed by atoms with Crippen molar-refractivity contribution in [1.29, 1.82) is 0 Å². The lowest BCUT2D eigenvalue weighted by Crippen LogP contribution is -2.47. The van der Waals surface area contributed by atoms with Gasteiger partial charge >= 0.3 is 0 Å². The van der Waals surface area contributed by atoms with E-state index in [0.717, 1.165) is 23.3 Å². The molecule has 2 aliphatic rings. The Bertz CT molecular complexity index is 444. The van der Waals surface area contributed by atoms with Crippen molar-refractivity contribution < 1.29 is 0 Å². The number of benzene rings is 1. The molecule has 1 aromatic carbocycles. The molecule has 0 radical (unpaired) electrons. The van der Waals surface area contributed by atoms with Crippen LogP contribution in [0.25, 0.3) is 0 Å². The molecule has 0 spiro atoms. The van der Waals surface area contributed by atoms with Gasteiger partial charge in [0, 0.05) is 21.8 Å². The van der Waals surface area contributed by atoms with Gasteiger partial charge in [-0.05, 0) is 55.1 Å². The summed E-state index contributed by atoms with van der Waals surface area (Å²) >= 11 is 5.73. The molecule has 0 aliphatic heterocycles. The lowest BCUT2D eigenvalue weighted by molar-refractivity contribution is 0.266. The molecule has 0 saturated heterocycles. The fourth-order valence-corrected chi connectivity index (χ4v) is 5.25. The van der Waals surface area contributed by atoms with Crippen LogP contribution in [0, 0.1) is 0 Å². The van der Waals surface area contributed by atoms with E-state index < -0.39 is 0 Å². The second kappa shape index (κ2) is 6.85. The summed E-state index contributed by atoms with van der Waals surface area (Å²) in [6.07, 6.45) is 6.84. The predicted octanol–water partition coefficient (Wildman–Crippen LogP) is 4.96. The van der Waals surface area contributed by atoms with E-state index in [1.807, 2.05) is 0 Å². The van der Waals surface area contributed by atoms with Gasteiger partial charge in [-0.25, -0.2) is 0 Å². The highest BCUT2D eigenvalue weighted by molar-refractivity contribution is 9.10. The minimum absolute atomic E-state index is 0.752. The standard InChI is InChI=1S/C17H24BrNS/c1-2-20-17-8-4-7-16(17)19-15-10-13(11-15)12-5-3-6-14(18)9-12/h3,5-6,9,13,15-17,19H,2,4,7-8,10-11H2,1H3. The van der Waals surface area contributed by atoms with E-state index in [0.29, 0.717) is 0 Å². The molecule has 2 fully saturated rings. The van der Waals surface area contributed by atoms with Gasteiger partial charge in [-0.15, -0.1) is 0 Å². The Labute approximate surface area is 135 Å². The van der Waals surface area contributed by atoms with Crippen LogP contribution in [0.15, 0.2) is 28.7 Å². The molecule has 0 aromatic heterocycles. The summed E-state index contributed by atoms with van der Waals surface area (Å²) < 4.78 is 1.21. The van der Waals surface area contributed by atoms with Crippen molar-refractivity contribution in [3.8, 4) is 0 Å². The highest BCUT2D eigenvalue weighted by Crippen LogP contribution is 2.39. The molecule has 2 atom stereocenters. The number of hydrogen-bond donors (Lipinski definition) is 1. The Hall–Kier alpha value is 0.01000. The van der Waals surface area contributed by atoms with Crippen molar-refractivity contribution in [2.45, 2.75) is 62.3 Å². The van der Waals surface area contributed by atoms with Crippen LogP contribution in [-0.2, 0) is 0 Å². The minimum atomic E-state index is 0.752. The fourth-order valence-electron chi connectivity index (χ4n) is 3.62. The maximum atomic E-state index is 3.93. The highest BCUT2D eigenvalue weighted by Gasteiger charge is 2.35. The molecule has 3 heteroatoms. The summed E-state index contributed by atoms with van der Waals surface area (Å²) in [5.41, 5.74) is 1.50. The molecule has 0 amide bonds. The molecular formula is C17H24BrNS. The number of nitrogens with one attached hydrogen (secondary N) is 1. The number of hydrogen-bond acceptors (Lipinski definition) is 2. The van der Waals surface area contributed by atoms with Crippen LogP contribution < -0.4 is 5.32 Å². The number of rotatable bonds is 5. The Morgan fingerprint density at radius 3 is 2.90 bits per heavy atom. The van der Waals surface area contributed by atoms with Crippen molar-refractivity contribution >= 4 is 27.7 Å². The molecule has 20 heavy (non-hydrogen) atoms. The van der Waals surface area contributed by atoms with Gasteiger partial charge in [0.2, 0.25) is 0 Å². The van der Waals surface area contributed by atoms with Gasteiger partial charge < -0.3 is 5.32 Å². The Morgan fingerprint density at radius 2 is 2.15 bits per heavy atom. The van der Waals surface area contributed by atoms with Crippen LogP contribution in [0.4, 0.5) is 0 Å². The summed E-state index contributed by atoms with van der Waals surface area (Å²) in [4.78, 5) is 0. The van der Waals surface area contributed by atoms with Crippen molar-refractivity contribution in [2.24, 2.45) is 0 Å². The van der Waals surface area contributed by atoms with Gasteiger partial charge in [-0.3, -0.25) is 0 Å². The van der Waals surface area contributed by atoms with E-state index in [9.17, 15) is 0 Å². The Kier molecular flexibility index (Phi) is 5.11. The first-order chi connectivity index (χ1) is 9.76. The number of thioether (sulfide) groups is 1. The Morgan fingerprint density at radius 1 is 1.30 bits per heavy atom. The van der Waals surface area contributed by atoms with Gasteiger partial charge in [0.05, 0.1) is 0 Å². The molecule has 3 rings (SSSR count). The van der Waals surface area contributed by atoms with E-state index in [1.54, 1.807) is 0 Å². The van der Waals surface area contributed by atoms with Gasteiger partial charge in [0.25, 0.3) is 0 Å². The molecule has 0 bridgehead atoms. The van der Waals surface area contributed by atoms with Crippen molar-refractivity contribution in [1.82, 2.24) is 5.32 Å². The SMILES string of the molecule is CCSC1CCCC1NC1CC(c2cccc(Br)c2)C1. The van der Waals surface area contributed by atoms with Gasteiger partial charge in [0.15, 0.2) is 0 Å². The zero-order valence-electron chi connectivity index (χ0n) is 12.1. The largest absolute Gasteiger partial charge is 0.310 e. The first kappa shape index (κ1) is 14.9. The predicted molar refractivity (Wildman–Crippen MR) is 92.6 cm³/mol. The third-order valence-electron chi connectivity index (χ3n) is 4.74. The van der Waals surface area contributed by atoms with Crippen LogP contribution in [0.5, 0.6) is 0 Å². The lowest BCUT2D eigenvalue weighted by atomic mass is 9.75. The normalized spacial score (nSPS) is 33.1. The third kappa shape index (κ3) is 3.42. The molecule has 2 aliphatic carbocycles. The molecule has 1 N–H and O–H groups in total. The van der Waals surface area contributed by atoms with Gasteiger partial charge in [-0.1, -0.05) is 41.4 Å². The summed E-state index contributed by atoms with van der Waals surface area (Å²) in [5, 5.41) is 4.80. The fraction of sp³-hybridized carbons (Fsp3) is 0.647. The van der Waals surface area contributed by atoms with Crippen LogP contribution in [0.3, 0.4) is 0 Å². The monoisotopic (exact) mass is 353 g/mol. The molecule has 110 valence electrons. The summed E-state index contributed by atoms with van der Waals surface area (Å²) in [5.74, 6) is 2.03. The molecule has 0 heterocycles. The molecule has 2 saturated carbocycles. The molecular weight excluding hydrogens is 330 g/mol. The topological polar surface area (TPSA) is 12.0 Å². The van der Waals surface area contributed by atoms with E-state index in [2.05, 4.69) is 64.2 Å². The van der Waals surface area contributed by atoms with Crippen LogP contribution >= 0.6 is 27.7 Å². The smallest absolute Gasteiger partial charge is 0.0201 e. The average Bonchev–Trinajstić information content (AvgIpc) is 2.81. The third-order valence-corrected chi connectivity index (χ3v) is 6.56. The summed E-state index contributed by atoms with van der Waals surface area (Å²) in [7, 11) is 0. The molecule has 1 nitrogen and oxygen atoms in total. The zero-order valence-corrected chi connectivity index (χ0v) is 14.6. The van der Waals surface area contributed by atoms with E-state index in [4.69, 9.17) is 0 Å². The molecule has 1 aromatic rings. The second-order valence-corrected chi connectivity index (χ2v) is 8.55. The van der Waals surface area contributed by atoms with Crippen LogP contribution in [0.2, 0.25) is 0 Å². The van der Waals surface area contributed by atoms with E-state index in [1.165, 1.54) is 47.9 Å². The first-order valence-corrected chi connectivity index (χ1v) is 9.73. The van der Waals surface area contributed by atoms with Gasteiger partial charge in [-0.2, -0.15) is 11.8 Å². The van der Waals surface area contributed by atoms with Gasteiger partial charge in [0.1, 0.15) is 0 Å². The van der Waals surface area contributed by atoms with Crippen molar-refractivity contribution in [3.05, 3.63) is 34.3 Å². The van der Waals surface area contributed by atoms with E-state index in [-0.39, 0.29) is 0 Å². The maximum Gasteiger partial charge on any atom is 0.0201 e. The highest BCUT2D eigenvalue weighted by atomic mass is 79.9. The van der Waals surface area contributed by atoms with Crippen LogP contribution in [0.1, 0.15) is 50.5 Å². The first-order valence-electron chi connectivity index (χ1n) is 7.89. The quantitative estimate of drug-likeness (QED) is 0.802. The van der Waals surface area contributed by atoms with E-state index >= 15 is 0 Å².